The van der Waals surface area contributed by atoms with Crippen LogP contribution in [-0.2, 0) is 25.7 Å². The second-order valence-corrected chi connectivity index (χ2v) is 10.6. The molecule has 7 heteroatoms. The second-order valence-electron chi connectivity index (χ2n) is 10.6. The number of hydrogen-bond acceptors (Lipinski definition) is 6. The Morgan fingerprint density at radius 1 is 0.829 bits per heavy atom. The molecule has 5 aromatic rings. The summed E-state index contributed by atoms with van der Waals surface area (Å²) in [5.41, 5.74) is 3.44. The van der Waals surface area contributed by atoms with E-state index in [4.69, 9.17) is 18.9 Å². The number of esters is 2. The molecule has 4 aromatic carbocycles. The lowest BCUT2D eigenvalue weighted by Gasteiger charge is -2.36. The maximum Gasteiger partial charge on any atom is 0.324 e. The number of cyclic esters (lactones) is 2. The Kier molecular flexibility index (Phi) is 6.87. The standard InChI is InChI=1S/C34H31NO6/c1-4-38-29-18-22(16-17-28(29)39-20-23-12-9-11-21-10-5-6-13-24(21)23)30(26-19-35-27-15-8-7-14-25(26)27)31-32(36)40-34(2,3)41-33(31)37/h5-19,30-31,35H,4,20H2,1-3H3/t30-/m0/s1. The number of rotatable bonds is 8. The van der Waals surface area contributed by atoms with Gasteiger partial charge in [0.25, 0.3) is 5.79 Å². The Balaban J connectivity index is 1.40. The molecule has 1 atom stereocenters. The highest BCUT2D eigenvalue weighted by Crippen LogP contribution is 2.43. The van der Waals surface area contributed by atoms with Gasteiger partial charge in [0, 0.05) is 36.9 Å². The van der Waals surface area contributed by atoms with Crippen LogP contribution in [0.5, 0.6) is 11.5 Å². The first-order valence-electron chi connectivity index (χ1n) is 13.7. The van der Waals surface area contributed by atoms with Crippen molar-refractivity contribution in [2.45, 2.75) is 39.1 Å². The maximum atomic E-state index is 13.3. The largest absolute Gasteiger partial charge is 0.490 e. The first-order chi connectivity index (χ1) is 19.8. The van der Waals surface area contributed by atoms with Crippen molar-refractivity contribution in [1.29, 1.82) is 0 Å². The summed E-state index contributed by atoms with van der Waals surface area (Å²) >= 11 is 0. The normalized spacial score (nSPS) is 15.9. The van der Waals surface area contributed by atoms with Gasteiger partial charge in [0.05, 0.1) is 6.61 Å². The van der Waals surface area contributed by atoms with Gasteiger partial charge < -0.3 is 23.9 Å². The first-order valence-corrected chi connectivity index (χ1v) is 13.7. The third-order valence-corrected chi connectivity index (χ3v) is 7.38. The lowest BCUT2D eigenvalue weighted by Crippen LogP contribution is -2.48. The quantitative estimate of drug-likeness (QED) is 0.168. The maximum absolute atomic E-state index is 13.3. The number of para-hydroxylation sites is 1. The van der Waals surface area contributed by atoms with Crippen LogP contribution >= 0.6 is 0 Å². The van der Waals surface area contributed by atoms with E-state index in [1.165, 1.54) is 0 Å². The molecule has 0 saturated carbocycles. The minimum Gasteiger partial charge on any atom is -0.490 e. The van der Waals surface area contributed by atoms with Crippen LogP contribution < -0.4 is 9.47 Å². The Bertz CT molecular complexity index is 1730. The lowest BCUT2D eigenvalue weighted by atomic mass is 9.80. The average molecular weight is 550 g/mol. The number of aromatic amines is 1. The first kappa shape index (κ1) is 26.4. The highest BCUT2D eigenvalue weighted by molar-refractivity contribution is 5.99. The third kappa shape index (κ3) is 5.11. The molecule has 0 spiro atoms. The number of benzene rings is 4. The van der Waals surface area contributed by atoms with E-state index in [2.05, 4.69) is 23.2 Å². The smallest absolute Gasteiger partial charge is 0.324 e. The molecule has 0 aliphatic carbocycles. The molecule has 1 aromatic heterocycles. The summed E-state index contributed by atoms with van der Waals surface area (Å²) in [6, 6.07) is 27.6. The summed E-state index contributed by atoms with van der Waals surface area (Å²) in [6.45, 7) is 5.76. The molecular formula is C34H31NO6. The van der Waals surface area contributed by atoms with Gasteiger partial charge in [-0.3, -0.25) is 9.59 Å². The van der Waals surface area contributed by atoms with Crippen molar-refractivity contribution in [1.82, 2.24) is 4.98 Å². The lowest BCUT2D eigenvalue weighted by molar-refractivity contribution is -0.240. The van der Waals surface area contributed by atoms with Crippen LogP contribution in [0.3, 0.4) is 0 Å². The van der Waals surface area contributed by atoms with Gasteiger partial charge in [0.15, 0.2) is 17.4 Å². The van der Waals surface area contributed by atoms with Crippen LogP contribution in [0.4, 0.5) is 0 Å². The molecule has 0 unspecified atom stereocenters. The van der Waals surface area contributed by atoms with Gasteiger partial charge in [-0.15, -0.1) is 0 Å². The van der Waals surface area contributed by atoms with E-state index in [9.17, 15) is 9.59 Å². The summed E-state index contributed by atoms with van der Waals surface area (Å²) < 4.78 is 23.4. The number of fused-ring (bicyclic) bond motifs is 2. The van der Waals surface area contributed by atoms with Gasteiger partial charge in [-0.05, 0) is 52.6 Å². The van der Waals surface area contributed by atoms with Crippen molar-refractivity contribution >= 4 is 33.6 Å². The molecule has 1 fully saturated rings. The molecule has 0 bridgehead atoms. The molecule has 2 heterocycles. The molecule has 1 aliphatic rings. The number of carbonyl (C=O) groups excluding carboxylic acids is 2. The van der Waals surface area contributed by atoms with Crippen molar-refractivity contribution in [3.8, 4) is 11.5 Å². The highest BCUT2D eigenvalue weighted by atomic mass is 16.7. The van der Waals surface area contributed by atoms with Crippen molar-refractivity contribution in [2.75, 3.05) is 6.61 Å². The summed E-state index contributed by atoms with van der Waals surface area (Å²) in [6.07, 6.45) is 1.83. The Morgan fingerprint density at radius 3 is 2.32 bits per heavy atom. The van der Waals surface area contributed by atoms with Gasteiger partial charge in [0.2, 0.25) is 0 Å². The minimum atomic E-state index is -1.33. The summed E-state index contributed by atoms with van der Waals surface area (Å²) in [7, 11) is 0. The number of aromatic nitrogens is 1. The van der Waals surface area contributed by atoms with Gasteiger partial charge in [-0.2, -0.15) is 0 Å². The molecule has 0 amide bonds. The van der Waals surface area contributed by atoms with Crippen molar-refractivity contribution in [2.24, 2.45) is 5.92 Å². The number of carbonyl (C=O) groups is 2. The summed E-state index contributed by atoms with van der Waals surface area (Å²) in [5.74, 6) is -3.38. The summed E-state index contributed by atoms with van der Waals surface area (Å²) in [5, 5.41) is 3.17. The second kappa shape index (κ2) is 10.7. The van der Waals surface area contributed by atoms with Crippen LogP contribution in [0.2, 0.25) is 0 Å². The molecule has 7 nitrogen and oxygen atoms in total. The molecule has 1 saturated heterocycles. The predicted molar refractivity (Wildman–Crippen MR) is 156 cm³/mol. The minimum absolute atomic E-state index is 0.350. The molecule has 6 rings (SSSR count). The zero-order chi connectivity index (χ0) is 28.6. The monoisotopic (exact) mass is 549 g/mol. The SMILES string of the molecule is CCOc1cc([C@@H](c2c[nH]c3ccccc23)C2C(=O)OC(C)(C)OC2=O)ccc1OCc1cccc2ccccc12. The van der Waals surface area contributed by atoms with E-state index < -0.39 is 29.6 Å². The van der Waals surface area contributed by atoms with E-state index in [0.717, 1.165) is 32.8 Å². The van der Waals surface area contributed by atoms with E-state index in [0.29, 0.717) is 30.3 Å². The highest BCUT2D eigenvalue weighted by Gasteiger charge is 2.48. The molecule has 208 valence electrons. The van der Waals surface area contributed by atoms with E-state index in [1.54, 1.807) is 13.8 Å². The fraction of sp³-hybridized carbons (Fsp3) is 0.235. The Hall–Kier alpha value is -4.78. The predicted octanol–water partition coefficient (Wildman–Crippen LogP) is 6.88. The van der Waals surface area contributed by atoms with Gasteiger partial charge >= 0.3 is 11.9 Å². The van der Waals surface area contributed by atoms with Gasteiger partial charge in [0.1, 0.15) is 6.61 Å². The number of ether oxygens (including phenoxy) is 4. The van der Waals surface area contributed by atoms with Crippen LogP contribution in [0, 0.1) is 5.92 Å². The molecule has 0 radical (unpaired) electrons. The van der Waals surface area contributed by atoms with Crippen LogP contribution in [0.15, 0.2) is 91.1 Å². The Labute approximate surface area is 238 Å². The zero-order valence-electron chi connectivity index (χ0n) is 23.2. The zero-order valence-corrected chi connectivity index (χ0v) is 23.2. The van der Waals surface area contributed by atoms with E-state index >= 15 is 0 Å². The van der Waals surface area contributed by atoms with Gasteiger partial charge in [-0.25, -0.2) is 0 Å². The Morgan fingerprint density at radius 2 is 1.54 bits per heavy atom. The van der Waals surface area contributed by atoms with Gasteiger partial charge in [-0.1, -0.05) is 66.7 Å². The molecule has 1 N–H and O–H groups in total. The number of hydrogen-bond donors (Lipinski definition) is 1. The fourth-order valence-electron chi connectivity index (χ4n) is 5.58. The molecule has 1 aliphatic heterocycles. The van der Waals surface area contributed by atoms with Crippen LogP contribution in [-0.4, -0.2) is 29.3 Å². The van der Waals surface area contributed by atoms with Crippen molar-refractivity contribution in [3.05, 3.63) is 108 Å². The van der Waals surface area contributed by atoms with Crippen LogP contribution in [0.25, 0.3) is 21.7 Å². The average Bonchev–Trinajstić information content (AvgIpc) is 3.37. The van der Waals surface area contributed by atoms with Crippen molar-refractivity contribution in [3.63, 3.8) is 0 Å². The molecular weight excluding hydrogens is 518 g/mol. The fourth-order valence-corrected chi connectivity index (χ4v) is 5.58. The third-order valence-electron chi connectivity index (χ3n) is 7.38. The van der Waals surface area contributed by atoms with E-state index in [-0.39, 0.29) is 0 Å². The van der Waals surface area contributed by atoms with E-state index in [1.807, 2.05) is 79.9 Å². The summed E-state index contributed by atoms with van der Waals surface area (Å²) in [4.78, 5) is 29.9. The molecule has 41 heavy (non-hydrogen) atoms. The topological polar surface area (TPSA) is 86.9 Å². The number of nitrogens with one attached hydrogen (secondary N) is 1. The van der Waals surface area contributed by atoms with Crippen LogP contribution in [0.1, 0.15) is 43.4 Å². The number of H-pyrrole nitrogens is 1. The van der Waals surface area contributed by atoms with Crippen molar-refractivity contribution < 1.29 is 28.5 Å².